The third-order valence-corrected chi connectivity index (χ3v) is 4.21. The first-order valence-corrected chi connectivity index (χ1v) is 8.18. The largest absolute Gasteiger partial charge is 0.287 e. The third kappa shape index (κ3) is 2.99. The van der Waals surface area contributed by atoms with Gasteiger partial charge in [-0.15, -0.1) is 0 Å². The van der Waals surface area contributed by atoms with Crippen LogP contribution >= 0.6 is 23.4 Å². The Morgan fingerprint density at radius 3 is 2.62 bits per heavy atom. The summed E-state index contributed by atoms with van der Waals surface area (Å²) in [4.78, 5) is 4.57. The molecule has 3 rings (SSSR count). The monoisotopic (exact) mass is 314 g/mol. The van der Waals surface area contributed by atoms with Gasteiger partial charge in [-0.2, -0.15) is 0 Å². The minimum absolute atomic E-state index is 0.729. The van der Waals surface area contributed by atoms with Crippen molar-refractivity contribution in [3.05, 3.63) is 65.8 Å². The van der Waals surface area contributed by atoms with Crippen LogP contribution < -0.4 is 0 Å². The highest BCUT2D eigenvalue weighted by Crippen LogP contribution is 2.30. The van der Waals surface area contributed by atoms with Gasteiger partial charge >= 0.3 is 0 Å². The van der Waals surface area contributed by atoms with E-state index in [0.717, 1.165) is 32.9 Å². The molecule has 106 valence electrons. The molecule has 0 spiro atoms. The van der Waals surface area contributed by atoms with Gasteiger partial charge in [-0.1, -0.05) is 66.7 Å². The summed E-state index contributed by atoms with van der Waals surface area (Å²) in [6.45, 7) is 2.13. The first-order chi connectivity index (χ1) is 10.3. The number of rotatable bonds is 4. The molecule has 0 saturated heterocycles. The molecule has 0 aliphatic carbocycles. The summed E-state index contributed by atoms with van der Waals surface area (Å²) in [5, 5.41) is 1.71. The molecule has 0 aliphatic heterocycles. The van der Waals surface area contributed by atoms with Gasteiger partial charge in [-0.3, -0.25) is 4.57 Å². The fourth-order valence-corrected chi connectivity index (χ4v) is 3.15. The number of halogens is 1. The van der Waals surface area contributed by atoms with E-state index >= 15 is 0 Å². The van der Waals surface area contributed by atoms with Gasteiger partial charge in [0.15, 0.2) is 5.16 Å². The Bertz CT molecular complexity index is 738. The average molecular weight is 315 g/mol. The molecule has 0 bridgehead atoms. The van der Waals surface area contributed by atoms with Crippen LogP contribution in [0.2, 0.25) is 5.02 Å². The van der Waals surface area contributed by atoms with Crippen molar-refractivity contribution >= 4 is 23.4 Å². The Labute approximate surface area is 133 Å². The zero-order chi connectivity index (χ0) is 14.7. The second-order valence-corrected chi connectivity index (χ2v) is 6.21. The van der Waals surface area contributed by atoms with Crippen LogP contribution in [0.15, 0.2) is 66.0 Å². The van der Waals surface area contributed by atoms with E-state index in [1.807, 2.05) is 42.6 Å². The van der Waals surface area contributed by atoms with Gasteiger partial charge in [0.1, 0.15) is 0 Å². The van der Waals surface area contributed by atoms with Crippen LogP contribution in [0.1, 0.15) is 6.92 Å². The third-order valence-electron chi connectivity index (χ3n) is 3.14. The maximum atomic E-state index is 6.15. The molecule has 2 aromatic carbocycles. The topological polar surface area (TPSA) is 17.8 Å². The Morgan fingerprint density at radius 2 is 1.90 bits per heavy atom. The van der Waals surface area contributed by atoms with Gasteiger partial charge in [0, 0.05) is 16.3 Å². The number of benzene rings is 2. The number of imidazole rings is 1. The second-order valence-electron chi connectivity index (χ2n) is 4.54. The summed E-state index contributed by atoms with van der Waals surface area (Å²) in [6, 6.07) is 18.2. The molecule has 0 atom stereocenters. The minimum Gasteiger partial charge on any atom is -0.287 e. The fourth-order valence-electron chi connectivity index (χ4n) is 2.24. The molecular weight excluding hydrogens is 300 g/mol. The van der Waals surface area contributed by atoms with Gasteiger partial charge in [-0.05, 0) is 24.0 Å². The normalized spacial score (nSPS) is 10.8. The van der Waals surface area contributed by atoms with Crippen molar-refractivity contribution in [2.75, 3.05) is 5.75 Å². The summed E-state index contributed by atoms with van der Waals surface area (Å²) in [5.41, 5.74) is 3.26. The fraction of sp³-hybridized carbons (Fsp3) is 0.118. The predicted octanol–water partition coefficient (Wildman–Crippen LogP) is 5.30. The first-order valence-electron chi connectivity index (χ1n) is 6.81. The zero-order valence-corrected chi connectivity index (χ0v) is 13.2. The number of hydrogen-bond donors (Lipinski definition) is 0. The Hall–Kier alpha value is -1.71. The standard InChI is InChI=1S/C17H15ClN2S/c1-2-21-17-19-12-16(13-7-4-3-5-8-13)20(17)15-10-6-9-14(18)11-15/h3-12H,2H2,1H3. The van der Waals surface area contributed by atoms with E-state index in [0.29, 0.717) is 0 Å². The van der Waals surface area contributed by atoms with Crippen molar-refractivity contribution in [2.45, 2.75) is 12.1 Å². The van der Waals surface area contributed by atoms with Crippen molar-refractivity contribution in [2.24, 2.45) is 0 Å². The highest BCUT2D eigenvalue weighted by atomic mass is 35.5. The van der Waals surface area contributed by atoms with Crippen LogP contribution in [0.25, 0.3) is 16.9 Å². The number of thioether (sulfide) groups is 1. The van der Waals surface area contributed by atoms with Crippen LogP contribution in [0.5, 0.6) is 0 Å². The van der Waals surface area contributed by atoms with E-state index in [4.69, 9.17) is 11.6 Å². The summed E-state index contributed by atoms with van der Waals surface area (Å²) < 4.78 is 2.16. The highest BCUT2D eigenvalue weighted by Gasteiger charge is 2.13. The lowest BCUT2D eigenvalue weighted by Gasteiger charge is -2.12. The van der Waals surface area contributed by atoms with Gasteiger partial charge in [0.05, 0.1) is 11.9 Å². The molecule has 3 aromatic rings. The molecular formula is C17H15ClN2S. The Morgan fingerprint density at radius 1 is 1.10 bits per heavy atom. The average Bonchev–Trinajstić information content (AvgIpc) is 2.92. The van der Waals surface area contributed by atoms with Crippen molar-refractivity contribution in [3.63, 3.8) is 0 Å². The predicted molar refractivity (Wildman–Crippen MR) is 90.4 cm³/mol. The highest BCUT2D eigenvalue weighted by molar-refractivity contribution is 7.99. The van der Waals surface area contributed by atoms with Gasteiger partial charge in [0.2, 0.25) is 0 Å². The van der Waals surface area contributed by atoms with Crippen LogP contribution in [0, 0.1) is 0 Å². The molecule has 21 heavy (non-hydrogen) atoms. The van der Waals surface area contributed by atoms with Gasteiger partial charge in [0.25, 0.3) is 0 Å². The van der Waals surface area contributed by atoms with Crippen LogP contribution in [0.3, 0.4) is 0 Å². The molecule has 1 aromatic heterocycles. The molecule has 0 N–H and O–H groups in total. The smallest absolute Gasteiger partial charge is 0.173 e. The first kappa shape index (κ1) is 14.2. The van der Waals surface area contributed by atoms with Gasteiger partial charge < -0.3 is 0 Å². The molecule has 0 aliphatic rings. The summed E-state index contributed by atoms with van der Waals surface area (Å²) in [5.74, 6) is 0.978. The van der Waals surface area contributed by atoms with E-state index in [1.54, 1.807) is 11.8 Å². The molecule has 2 nitrogen and oxygen atoms in total. The van der Waals surface area contributed by atoms with Crippen LogP contribution in [-0.2, 0) is 0 Å². The van der Waals surface area contributed by atoms with Crippen LogP contribution in [-0.4, -0.2) is 15.3 Å². The molecule has 0 saturated carbocycles. The van der Waals surface area contributed by atoms with Crippen molar-refractivity contribution in [1.82, 2.24) is 9.55 Å². The summed E-state index contributed by atoms with van der Waals surface area (Å²) >= 11 is 7.88. The van der Waals surface area contributed by atoms with E-state index in [2.05, 4.69) is 34.7 Å². The van der Waals surface area contributed by atoms with Crippen LogP contribution in [0.4, 0.5) is 0 Å². The van der Waals surface area contributed by atoms with E-state index in [-0.39, 0.29) is 0 Å². The zero-order valence-electron chi connectivity index (χ0n) is 11.7. The molecule has 0 amide bonds. The number of aromatic nitrogens is 2. The Kier molecular flexibility index (Phi) is 4.32. The molecule has 0 radical (unpaired) electrons. The SMILES string of the molecule is CCSc1ncc(-c2ccccc2)n1-c1cccc(Cl)c1. The Balaban J connectivity index is 2.18. The van der Waals surface area contributed by atoms with Crippen molar-refractivity contribution in [1.29, 1.82) is 0 Å². The summed E-state index contributed by atoms with van der Waals surface area (Å²) in [7, 11) is 0. The lowest BCUT2D eigenvalue weighted by Crippen LogP contribution is -1.99. The van der Waals surface area contributed by atoms with E-state index in [9.17, 15) is 0 Å². The molecule has 1 heterocycles. The minimum atomic E-state index is 0.729. The van der Waals surface area contributed by atoms with Crippen molar-refractivity contribution in [3.8, 4) is 16.9 Å². The van der Waals surface area contributed by atoms with E-state index in [1.165, 1.54) is 0 Å². The molecule has 4 heteroatoms. The lowest BCUT2D eigenvalue weighted by molar-refractivity contribution is 0.901. The quantitative estimate of drug-likeness (QED) is 0.608. The maximum absolute atomic E-state index is 6.15. The van der Waals surface area contributed by atoms with Gasteiger partial charge in [-0.25, -0.2) is 4.98 Å². The summed E-state index contributed by atoms with van der Waals surface area (Å²) in [6.07, 6.45) is 1.92. The maximum Gasteiger partial charge on any atom is 0.173 e. The lowest BCUT2D eigenvalue weighted by atomic mass is 10.1. The number of nitrogens with zero attached hydrogens (tertiary/aromatic N) is 2. The van der Waals surface area contributed by atoms with E-state index < -0.39 is 0 Å². The second kappa shape index (κ2) is 6.37. The number of hydrogen-bond acceptors (Lipinski definition) is 2. The molecule has 0 fully saturated rings. The molecule has 0 unspecified atom stereocenters. The van der Waals surface area contributed by atoms with Crippen molar-refractivity contribution < 1.29 is 0 Å².